The number of hydrogen-bond donors (Lipinski definition) is 0. The second-order valence-electron chi connectivity index (χ2n) is 9.49. The molecule has 0 unspecified atom stereocenters. The predicted octanol–water partition coefficient (Wildman–Crippen LogP) is 10.0. The van der Waals surface area contributed by atoms with E-state index in [1.54, 1.807) is 0 Å². The second-order valence-corrected chi connectivity index (χ2v) is 9.49. The van der Waals surface area contributed by atoms with Crippen LogP contribution in [0.3, 0.4) is 0 Å². The number of furan rings is 1. The molecule has 7 rings (SSSR count). The van der Waals surface area contributed by atoms with Gasteiger partial charge in [-0.05, 0) is 69.3 Å². The first kappa shape index (κ1) is 20.7. The zero-order chi connectivity index (χ0) is 24.1. The topological polar surface area (TPSA) is 13.1 Å². The van der Waals surface area contributed by atoms with Crippen LogP contribution in [0.5, 0.6) is 0 Å². The molecule has 170 valence electrons. The molecule has 6 aromatic carbocycles. The third-order valence-electron chi connectivity index (χ3n) is 7.18. The second kappa shape index (κ2) is 8.25. The van der Waals surface area contributed by atoms with Gasteiger partial charge in [-0.3, -0.25) is 0 Å². The van der Waals surface area contributed by atoms with Gasteiger partial charge in [0.05, 0.1) is 0 Å². The van der Waals surface area contributed by atoms with Crippen LogP contribution in [0, 0.1) is 6.92 Å². The molecule has 0 amide bonds. The van der Waals surface area contributed by atoms with Crippen molar-refractivity contribution in [3.8, 4) is 33.4 Å². The van der Waals surface area contributed by atoms with Crippen LogP contribution >= 0.6 is 0 Å². The van der Waals surface area contributed by atoms with Crippen LogP contribution < -0.4 is 0 Å². The molecular weight excluding hydrogens is 436 g/mol. The lowest BCUT2D eigenvalue weighted by Gasteiger charge is -2.07. The number of aryl methyl sites for hydroxylation is 1. The number of rotatable bonds is 3. The van der Waals surface area contributed by atoms with Crippen LogP contribution in [0.1, 0.15) is 5.56 Å². The van der Waals surface area contributed by atoms with Crippen LogP contribution in [0.2, 0.25) is 0 Å². The van der Waals surface area contributed by atoms with E-state index in [2.05, 4.69) is 134 Å². The van der Waals surface area contributed by atoms with Crippen molar-refractivity contribution in [3.63, 3.8) is 0 Å². The molecule has 0 radical (unpaired) electrons. The Balaban J connectivity index is 1.23. The maximum absolute atomic E-state index is 6.18. The molecule has 36 heavy (non-hydrogen) atoms. The average Bonchev–Trinajstić information content (AvgIpc) is 3.32. The van der Waals surface area contributed by atoms with E-state index in [4.69, 9.17) is 4.42 Å². The first-order valence-electron chi connectivity index (χ1n) is 12.3. The van der Waals surface area contributed by atoms with E-state index in [0.29, 0.717) is 0 Å². The van der Waals surface area contributed by atoms with E-state index in [0.717, 1.165) is 16.6 Å². The van der Waals surface area contributed by atoms with Gasteiger partial charge in [0.1, 0.15) is 11.2 Å². The summed E-state index contributed by atoms with van der Waals surface area (Å²) in [4.78, 5) is 0. The van der Waals surface area contributed by atoms with Gasteiger partial charge in [-0.15, -0.1) is 0 Å². The Hall–Kier alpha value is -4.62. The molecule has 0 bridgehead atoms. The summed E-state index contributed by atoms with van der Waals surface area (Å²) in [5.41, 5.74) is 10.5. The molecule has 1 nitrogen and oxygen atoms in total. The van der Waals surface area contributed by atoms with E-state index in [1.807, 2.05) is 0 Å². The molecule has 7 aromatic rings. The summed E-state index contributed by atoms with van der Waals surface area (Å²) < 4.78 is 6.18. The molecule has 1 heteroatoms. The highest BCUT2D eigenvalue weighted by Crippen LogP contribution is 2.37. The van der Waals surface area contributed by atoms with Gasteiger partial charge in [0.15, 0.2) is 0 Å². The van der Waals surface area contributed by atoms with Crippen LogP contribution in [0.25, 0.3) is 66.1 Å². The van der Waals surface area contributed by atoms with Gasteiger partial charge in [-0.2, -0.15) is 0 Å². The summed E-state index contributed by atoms with van der Waals surface area (Å²) >= 11 is 0. The summed E-state index contributed by atoms with van der Waals surface area (Å²) in [5.74, 6) is 0. The molecule has 0 fully saturated rings. The van der Waals surface area contributed by atoms with Gasteiger partial charge in [-0.1, -0.05) is 115 Å². The first-order chi connectivity index (χ1) is 17.7. The summed E-state index contributed by atoms with van der Waals surface area (Å²) in [6, 6.07) is 45.6. The van der Waals surface area contributed by atoms with Gasteiger partial charge in [0.2, 0.25) is 0 Å². The Bertz CT molecular complexity index is 1850. The van der Waals surface area contributed by atoms with E-state index in [9.17, 15) is 0 Å². The highest BCUT2D eigenvalue weighted by atomic mass is 16.3. The molecule has 0 atom stereocenters. The van der Waals surface area contributed by atoms with Crippen molar-refractivity contribution in [1.82, 2.24) is 0 Å². The minimum atomic E-state index is 0.926. The lowest BCUT2D eigenvalue weighted by molar-refractivity contribution is 0.669. The highest BCUT2D eigenvalue weighted by Gasteiger charge is 2.12. The Morgan fingerprint density at radius 3 is 1.56 bits per heavy atom. The van der Waals surface area contributed by atoms with Crippen molar-refractivity contribution in [2.75, 3.05) is 0 Å². The molecule has 0 spiro atoms. The SMILES string of the molecule is Cc1ccc(-c2ccc(-c3ccc(-c4ccc5oc6ccc7ccccc7c6c5c4)cc3)cc2)cc1. The maximum Gasteiger partial charge on any atom is 0.136 e. The van der Waals surface area contributed by atoms with E-state index >= 15 is 0 Å². The monoisotopic (exact) mass is 460 g/mol. The molecule has 0 N–H and O–H groups in total. The lowest BCUT2D eigenvalue weighted by atomic mass is 9.97. The van der Waals surface area contributed by atoms with Crippen molar-refractivity contribution >= 4 is 32.7 Å². The summed E-state index contributed by atoms with van der Waals surface area (Å²) in [6.07, 6.45) is 0. The van der Waals surface area contributed by atoms with Crippen LogP contribution in [-0.2, 0) is 0 Å². The fraction of sp³-hybridized carbons (Fsp3) is 0.0286. The van der Waals surface area contributed by atoms with Crippen molar-refractivity contribution in [2.45, 2.75) is 6.92 Å². The van der Waals surface area contributed by atoms with Crippen molar-refractivity contribution in [2.24, 2.45) is 0 Å². The Morgan fingerprint density at radius 2 is 0.917 bits per heavy atom. The fourth-order valence-corrected chi connectivity index (χ4v) is 5.18. The number of hydrogen-bond acceptors (Lipinski definition) is 1. The van der Waals surface area contributed by atoms with Crippen LogP contribution in [0.4, 0.5) is 0 Å². The Morgan fingerprint density at radius 1 is 0.417 bits per heavy atom. The molecule has 0 saturated carbocycles. The Kier molecular flexibility index (Phi) is 4.75. The zero-order valence-corrected chi connectivity index (χ0v) is 20.0. The molecule has 0 aliphatic heterocycles. The van der Waals surface area contributed by atoms with E-state index in [1.165, 1.54) is 55.1 Å². The molecule has 0 saturated heterocycles. The fourth-order valence-electron chi connectivity index (χ4n) is 5.18. The van der Waals surface area contributed by atoms with E-state index in [-0.39, 0.29) is 0 Å². The average molecular weight is 461 g/mol. The number of benzene rings is 6. The molecule has 0 aliphatic carbocycles. The third kappa shape index (κ3) is 3.49. The summed E-state index contributed by atoms with van der Waals surface area (Å²) in [7, 11) is 0. The zero-order valence-electron chi connectivity index (χ0n) is 20.0. The summed E-state index contributed by atoms with van der Waals surface area (Å²) in [6.45, 7) is 2.12. The van der Waals surface area contributed by atoms with E-state index < -0.39 is 0 Å². The molecular formula is C35H24O. The van der Waals surface area contributed by atoms with Gasteiger partial charge in [0, 0.05) is 10.8 Å². The molecule has 0 aliphatic rings. The predicted molar refractivity (Wildman–Crippen MR) is 152 cm³/mol. The number of fused-ring (bicyclic) bond motifs is 5. The largest absolute Gasteiger partial charge is 0.456 e. The van der Waals surface area contributed by atoms with Gasteiger partial charge in [0.25, 0.3) is 0 Å². The van der Waals surface area contributed by atoms with Crippen molar-refractivity contribution in [3.05, 3.63) is 133 Å². The lowest BCUT2D eigenvalue weighted by Crippen LogP contribution is -1.82. The maximum atomic E-state index is 6.18. The molecule has 1 heterocycles. The van der Waals surface area contributed by atoms with Crippen molar-refractivity contribution in [1.29, 1.82) is 0 Å². The Labute approximate surface area is 210 Å². The van der Waals surface area contributed by atoms with Gasteiger partial charge >= 0.3 is 0 Å². The molecule has 1 aromatic heterocycles. The normalized spacial score (nSPS) is 11.5. The standard InChI is InChI=1S/C35H24O/c1-23-6-8-24(9-7-23)25-10-12-26(13-11-25)27-14-16-28(17-15-27)30-19-20-33-32(22-30)35-31-5-3-2-4-29(31)18-21-34(35)36-33/h2-22H,1H3. The third-order valence-corrected chi connectivity index (χ3v) is 7.18. The minimum Gasteiger partial charge on any atom is -0.456 e. The van der Waals surface area contributed by atoms with Crippen LogP contribution in [-0.4, -0.2) is 0 Å². The van der Waals surface area contributed by atoms with Gasteiger partial charge < -0.3 is 4.42 Å². The smallest absolute Gasteiger partial charge is 0.136 e. The minimum absolute atomic E-state index is 0.926. The quantitative estimate of drug-likeness (QED) is 0.256. The highest BCUT2D eigenvalue weighted by molar-refractivity contribution is 6.19. The first-order valence-corrected chi connectivity index (χ1v) is 12.3. The van der Waals surface area contributed by atoms with Crippen LogP contribution in [0.15, 0.2) is 132 Å². The summed E-state index contributed by atoms with van der Waals surface area (Å²) in [5, 5.41) is 4.82. The van der Waals surface area contributed by atoms with Crippen molar-refractivity contribution < 1.29 is 4.42 Å². The van der Waals surface area contributed by atoms with Gasteiger partial charge in [-0.25, -0.2) is 0 Å².